The molecule has 0 aromatic carbocycles. The number of aliphatic hydroxyl groups excluding tert-OH is 2. The van der Waals surface area contributed by atoms with Crippen molar-refractivity contribution in [2.75, 3.05) is 26.4 Å². The Hall–Kier alpha value is -1.03. The van der Waals surface area contributed by atoms with Gasteiger partial charge in [-0.3, -0.25) is 18.6 Å². The number of unbranched alkanes of at least 4 members (excludes halogenated alkanes) is 24. The van der Waals surface area contributed by atoms with Crippen LogP contribution in [0.1, 0.15) is 194 Å². The van der Waals surface area contributed by atoms with E-state index in [1.165, 1.54) is 116 Å². The molecule has 0 heterocycles. The SMILES string of the molecule is CCCCCCCCCCCCCCCCCCCC(=O)O[C@H](COC(=O)CCCCCCCCCCC)COP(=O)(O)OC[C@@H](O)CO. The molecule has 0 saturated carbocycles. The summed E-state index contributed by atoms with van der Waals surface area (Å²) < 4.78 is 32.6. The predicted molar refractivity (Wildman–Crippen MR) is 196 cm³/mol. The number of ether oxygens (including phenoxy) is 2. The van der Waals surface area contributed by atoms with Gasteiger partial charge in [0.1, 0.15) is 12.7 Å². The first-order valence-electron chi connectivity index (χ1n) is 20.0. The zero-order valence-corrected chi connectivity index (χ0v) is 32.3. The summed E-state index contributed by atoms with van der Waals surface area (Å²) in [5, 5.41) is 18.3. The molecule has 49 heavy (non-hydrogen) atoms. The van der Waals surface area contributed by atoms with E-state index < -0.39 is 51.8 Å². The van der Waals surface area contributed by atoms with Crippen LogP contribution in [0.3, 0.4) is 0 Å². The van der Waals surface area contributed by atoms with Crippen LogP contribution in [0.5, 0.6) is 0 Å². The van der Waals surface area contributed by atoms with E-state index in [0.29, 0.717) is 12.8 Å². The van der Waals surface area contributed by atoms with Crippen LogP contribution in [-0.2, 0) is 32.7 Å². The van der Waals surface area contributed by atoms with Gasteiger partial charge >= 0.3 is 19.8 Å². The smallest absolute Gasteiger partial charge is 0.462 e. The van der Waals surface area contributed by atoms with Gasteiger partial charge in [0.25, 0.3) is 0 Å². The fourth-order valence-corrected chi connectivity index (χ4v) is 6.43. The number of carbonyl (C=O) groups excluding carboxylic acids is 2. The molecule has 0 bridgehead atoms. The van der Waals surface area contributed by atoms with Gasteiger partial charge in [-0.1, -0.05) is 168 Å². The van der Waals surface area contributed by atoms with E-state index in [2.05, 4.69) is 18.4 Å². The normalized spacial score (nSPS) is 14.0. The third kappa shape index (κ3) is 35.2. The Morgan fingerprint density at radius 1 is 0.531 bits per heavy atom. The average molecular weight is 723 g/mol. The molecule has 0 aromatic heterocycles. The van der Waals surface area contributed by atoms with Crippen LogP contribution in [-0.4, -0.2) is 65.7 Å². The van der Waals surface area contributed by atoms with E-state index in [0.717, 1.165) is 38.5 Å². The van der Waals surface area contributed by atoms with Gasteiger partial charge in [-0.25, -0.2) is 4.57 Å². The van der Waals surface area contributed by atoms with Crippen molar-refractivity contribution < 1.29 is 47.8 Å². The van der Waals surface area contributed by atoms with Gasteiger partial charge in [0.15, 0.2) is 6.10 Å². The minimum atomic E-state index is -4.60. The monoisotopic (exact) mass is 723 g/mol. The van der Waals surface area contributed by atoms with Crippen molar-refractivity contribution in [3.8, 4) is 0 Å². The van der Waals surface area contributed by atoms with Crippen LogP contribution < -0.4 is 0 Å². The Balaban J connectivity index is 4.25. The Morgan fingerprint density at radius 3 is 1.27 bits per heavy atom. The molecule has 3 atom stereocenters. The maximum Gasteiger partial charge on any atom is 0.472 e. The van der Waals surface area contributed by atoms with E-state index in [9.17, 15) is 24.2 Å². The summed E-state index contributed by atoms with van der Waals surface area (Å²) >= 11 is 0. The Bertz CT molecular complexity index is 796. The number of hydrogen-bond donors (Lipinski definition) is 3. The molecule has 0 rings (SSSR count). The van der Waals surface area contributed by atoms with E-state index in [1.807, 2.05) is 0 Å². The van der Waals surface area contributed by atoms with Crippen LogP contribution in [0.25, 0.3) is 0 Å². The minimum Gasteiger partial charge on any atom is -0.462 e. The standard InChI is InChI=1S/C38H75O10P/c1-3-5-7-9-11-13-14-15-16-17-18-19-20-22-24-26-28-30-38(42)48-36(34-47-49(43,44)46-32-35(40)31-39)33-45-37(41)29-27-25-23-21-12-10-8-6-4-2/h35-36,39-40H,3-34H2,1-2H3,(H,43,44)/t35-,36+/m0/s1. The van der Waals surface area contributed by atoms with E-state index in [-0.39, 0.29) is 19.4 Å². The molecule has 0 aliphatic rings. The number of esters is 2. The zero-order chi connectivity index (χ0) is 36.3. The van der Waals surface area contributed by atoms with Gasteiger partial charge in [0.2, 0.25) is 0 Å². The van der Waals surface area contributed by atoms with Crippen LogP contribution in [0, 0.1) is 0 Å². The average Bonchev–Trinajstić information content (AvgIpc) is 3.09. The van der Waals surface area contributed by atoms with Gasteiger partial charge in [0, 0.05) is 12.8 Å². The van der Waals surface area contributed by atoms with Crippen molar-refractivity contribution in [3.63, 3.8) is 0 Å². The third-order valence-corrected chi connectivity index (χ3v) is 9.71. The van der Waals surface area contributed by atoms with Gasteiger partial charge < -0.3 is 24.6 Å². The maximum atomic E-state index is 12.6. The number of aliphatic hydroxyl groups is 2. The highest BCUT2D eigenvalue weighted by molar-refractivity contribution is 7.47. The van der Waals surface area contributed by atoms with Gasteiger partial charge in [-0.15, -0.1) is 0 Å². The highest BCUT2D eigenvalue weighted by Crippen LogP contribution is 2.43. The molecular weight excluding hydrogens is 647 g/mol. The summed E-state index contributed by atoms with van der Waals surface area (Å²) in [5.74, 6) is -0.916. The highest BCUT2D eigenvalue weighted by atomic mass is 31.2. The van der Waals surface area contributed by atoms with E-state index >= 15 is 0 Å². The molecule has 0 aliphatic carbocycles. The highest BCUT2D eigenvalue weighted by Gasteiger charge is 2.27. The second-order valence-electron chi connectivity index (χ2n) is 13.7. The Morgan fingerprint density at radius 2 is 0.878 bits per heavy atom. The number of phosphoric acid groups is 1. The van der Waals surface area contributed by atoms with Crippen molar-refractivity contribution in [1.82, 2.24) is 0 Å². The lowest BCUT2D eigenvalue weighted by atomic mass is 10.0. The minimum absolute atomic E-state index is 0.192. The Labute approximate surface area is 299 Å². The summed E-state index contributed by atoms with van der Waals surface area (Å²) in [6.07, 6.45) is 29.4. The molecule has 3 N–H and O–H groups in total. The molecule has 0 saturated heterocycles. The molecule has 0 fully saturated rings. The molecule has 0 aliphatic heterocycles. The summed E-state index contributed by atoms with van der Waals surface area (Å²) in [6.45, 7) is 2.37. The Kier molecular flexibility index (Phi) is 34.6. The van der Waals surface area contributed by atoms with Crippen LogP contribution in [0.15, 0.2) is 0 Å². The van der Waals surface area contributed by atoms with Crippen molar-refractivity contribution >= 4 is 19.8 Å². The van der Waals surface area contributed by atoms with Crippen molar-refractivity contribution in [2.45, 2.75) is 206 Å². The van der Waals surface area contributed by atoms with Crippen molar-refractivity contribution in [1.29, 1.82) is 0 Å². The fourth-order valence-electron chi connectivity index (χ4n) is 5.64. The first-order valence-corrected chi connectivity index (χ1v) is 21.5. The lowest BCUT2D eigenvalue weighted by Gasteiger charge is -2.20. The molecule has 292 valence electrons. The predicted octanol–water partition coefficient (Wildman–Crippen LogP) is 9.89. The van der Waals surface area contributed by atoms with Gasteiger partial charge in [0.05, 0.1) is 19.8 Å². The van der Waals surface area contributed by atoms with Gasteiger partial charge in [-0.05, 0) is 12.8 Å². The van der Waals surface area contributed by atoms with E-state index in [4.69, 9.17) is 19.1 Å². The number of hydrogen-bond acceptors (Lipinski definition) is 9. The first kappa shape index (κ1) is 48.0. The molecule has 0 amide bonds. The number of carbonyl (C=O) groups is 2. The third-order valence-electron chi connectivity index (χ3n) is 8.76. The molecule has 1 unspecified atom stereocenters. The first-order chi connectivity index (χ1) is 23.7. The molecule has 0 spiro atoms. The summed E-state index contributed by atoms with van der Waals surface area (Å²) in [5.41, 5.74) is 0. The molecule has 0 radical (unpaired) electrons. The molecule has 10 nitrogen and oxygen atoms in total. The summed E-state index contributed by atoms with van der Waals surface area (Å²) in [4.78, 5) is 34.8. The van der Waals surface area contributed by atoms with E-state index in [1.54, 1.807) is 0 Å². The molecular formula is C38H75O10P. The van der Waals surface area contributed by atoms with Crippen LogP contribution >= 0.6 is 7.82 Å². The quantitative estimate of drug-likeness (QED) is 0.0319. The topological polar surface area (TPSA) is 149 Å². The summed E-state index contributed by atoms with van der Waals surface area (Å²) in [7, 11) is -4.60. The second kappa shape index (κ2) is 35.4. The fraction of sp³-hybridized carbons (Fsp3) is 0.947. The number of rotatable bonds is 38. The zero-order valence-electron chi connectivity index (χ0n) is 31.4. The number of phosphoric ester groups is 1. The van der Waals surface area contributed by atoms with Crippen molar-refractivity contribution in [3.05, 3.63) is 0 Å². The lowest BCUT2D eigenvalue weighted by molar-refractivity contribution is -0.161. The lowest BCUT2D eigenvalue weighted by Crippen LogP contribution is -2.29. The second-order valence-corrected chi connectivity index (χ2v) is 15.1. The molecule has 11 heteroatoms. The molecule has 0 aromatic rings. The maximum absolute atomic E-state index is 12.6. The van der Waals surface area contributed by atoms with Crippen molar-refractivity contribution in [2.24, 2.45) is 0 Å². The van der Waals surface area contributed by atoms with Gasteiger partial charge in [-0.2, -0.15) is 0 Å². The summed E-state index contributed by atoms with van der Waals surface area (Å²) in [6, 6.07) is 0. The van der Waals surface area contributed by atoms with Crippen LogP contribution in [0.2, 0.25) is 0 Å². The largest absolute Gasteiger partial charge is 0.472 e. The van der Waals surface area contributed by atoms with Crippen LogP contribution in [0.4, 0.5) is 0 Å².